The highest BCUT2D eigenvalue weighted by Gasteiger charge is 2.33. The Labute approximate surface area is 200 Å². The van der Waals surface area contributed by atoms with Crippen LogP contribution in [-0.2, 0) is 16.1 Å². The number of anilines is 2. The number of nitrogens with zero attached hydrogens (tertiary/aromatic N) is 7. The second kappa shape index (κ2) is 9.39. The number of benzene rings is 1. The molecule has 2 aliphatic rings. The number of nitrogens with one attached hydrogen (secondary N) is 1. The molecule has 1 fully saturated rings. The van der Waals surface area contributed by atoms with Crippen LogP contribution in [0.25, 0.3) is 0 Å². The number of methoxy groups -OCH3 is 1. The SMILES string of the molecule is COC1CN(c2cc3c(cn2)N(C)C(=O)[C@@H](NC(=O)c2nnn(Cc4ccccc4)n2)CS3)C1. The van der Waals surface area contributed by atoms with Crippen LogP contribution in [0.1, 0.15) is 16.2 Å². The normalized spacial score (nSPS) is 18.3. The van der Waals surface area contributed by atoms with E-state index in [0.717, 1.165) is 29.4 Å². The van der Waals surface area contributed by atoms with Crippen molar-refractivity contribution < 1.29 is 14.3 Å². The topological polar surface area (TPSA) is 118 Å². The molecule has 1 saturated heterocycles. The summed E-state index contributed by atoms with van der Waals surface area (Å²) in [5.41, 5.74) is 1.71. The summed E-state index contributed by atoms with van der Waals surface area (Å²) >= 11 is 1.51. The molecule has 34 heavy (non-hydrogen) atoms. The molecule has 0 bridgehead atoms. The molecule has 2 amide bonds. The zero-order valence-electron chi connectivity index (χ0n) is 18.8. The van der Waals surface area contributed by atoms with Crippen molar-refractivity contribution in [3.8, 4) is 0 Å². The van der Waals surface area contributed by atoms with E-state index in [1.165, 1.54) is 21.5 Å². The standard InChI is InChI=1S/C22H24N8O3S/c1-28-17-9-23-19(29-11-15(12-29)33-2)8-18(17)34-13-16(22(28)32)24-21(31)20-25-27-30(26-20)10-14-6-4-3-5-7-14/h3-9,15-16H,10-13H2,1-2H3,(H,24,31)/t16-/m0/s1. The Balaban J connectivity index is 1.25. The minimum Gasteiger partial charge on any atom is -0.378 e. The maximum absolute atomic E-state index is 13.1. The number of thioether (sulfide) groups is 1. The van der Waals surface area contributed by atoms with E-state index >= 15 is 0 Å². The average molecular weight is 481 g/mol. The van der Waals surface area contributed by atoms with Crippen molar-refractivity contribution in [2.75, 3.05) is 42.8 Å². The van der Waals surface area contributed by atoms with Crippen LogP contribution < -0.4 is 15.1 Å². The molecule has 2 aromatic heterocycles. The van der Waals surface area contributed by atoms with Crippen LogP contribution in [0.5, 0.6) is 0 Å². The number of ether oxygens (including phenoxy) is 1. The van der Waals surface area contributed by atoms with Crippen molar-refractivity contribution in [3.63, 3.8) is 0 Å². The Kier molecular flexibility index (Phi) is 6.16. The number of carbonyl (C=O) groups is 2. The van der Waals surface area contributed by atoms with E-state index in [4.69, 9.17) is 4.74 Å². The first-order valence-electron chi connectivity index (χ1n) is 10.8. The van der Waals surface area contributed by atoms with Gasteiger partial charge in [-0.25, -0.2) is 4.98 Å². The first-order valence-corrected chi connectivity index (χ1v) is 11.8. The fourth-order valence-electron chi connectivity index (χ4n) is 3.80. The number of hydrogen-bond donors (Lipinski definition) is 1. The number of amides is 2. The highest BCUT2D eigenvalue weighted by molar-refractivity contribution is 7.99. The van der Waals surface area contributed by atoms with Gasteiger partial charge in [0.1, 0.15) is 11.9 Å². The van der Waals surface area contributed by atoms with Gasteiger partial charge < -0.3 is 19.9 Å². The minimum absolute atomic E-state index is 0.0763. The fourth-order valence-corrected chi connectivity index (χ4v) is 4.90. The van der Waals surface area contributed by atoms with E-state index in [1.54, 1.807) is 20.4 Å². The molecule has 5 rings (SSSR count). The number of carbonyl (C=O) groups excluding carboxylic acids is 2. The lowest BCUT2D eigenvalue weighted by Gasteiger charge is -2.39. The molecule has 0 unspecified atom stereocenters. The third kappa shape index (κ3) is 4.46. The number of aromatic nitrogens is 5. The molecule has 0 saturated carbocycles. The zero-order chi connectivity index (χ0) is 23.7. The average Bonchev–Trinajstić information content (AvgIpc) is 3.25. The van der Waals surface area contributed by atoms with Gasteiger partial charge in [-0.2, -0.15) is 4.80 Å². The molecule has 0 radical (unpaired) electrons. The lowest BCUT2D eigenvalue weighted by molar-refractivity contribution is -0.119. The van der Waals surface area contributed by atoms with Gasteiger partial charge in [-0.1, -0.05) is 30.3 Å². The monoisotopic (exact) mass is 480 g/mol. The van der Waals surface area contributed by atoms with Crippen molar-refractivity contribution >= 4 is 35.1 Å². The van der Waals surface area contributed by atoms with Gasteiger partial charge in [-0.15, -0.1) is 22.0 Å². The number of pyridine rings is 1. The predicted molar refractivity (Wildman–Crippen MR) is 126 cm³/mol. The molecule has 0 spiro atoms. The second-order valence-corrected chi connectivity index (χ2v) is 9.20. The Morgan fingerprint density at radius 3 is 2.82 bits per heavy atom. The highest BCUT2D eigenvalue weighted by atomic mass is 32.2. The smallest absolute Gasteiger partial charge is 0.293 e. The third-order valence-corrected chi connectivity index (χ3v) is 7.00. The summed E-state index contributed by atoms with van der Waals surface area (Å²) < 4.78 is 5.34. The number of tetrazole rings is 1. The molecule has 1 atom stereocenters. The molecule has 11 nitrogen and oxygen atoms in total. The number of fused-ring (bicyclic) bond motifs is 1. The van der Waals surface area contributed by atoms with E-state index in [2.05, 4.69) is 30.6 Å². The molecule has 1 aromatic carbocycles. The van der Waals surface area contributed by atoms with E-state index in [1.807, 2.05) is 36.4 Å². The van der Waals surface area contributed by atoms with Crippen LogP contribution in [0.4, 0.5) is 11.5 Å². The molecule has 12 heteroatoms. The third-order valence-electron chi connectivity index (χ3n) is 5.86. The van der Waals surface area contributed by atoms with E-state index in [0.29, 0.717) is 18.0 Å². The van der Waals surface area contributed by atoms with Crippen LogP contribution in [-0.4, -0.2) is 82.2 Å². The molecular weight excluding hydrogens is 456 g/mol. The summed E-state index contributed by atoms with van der Waals surface area (Å²) in [5, 5.41) is 14.7. The van der Waals surface area contributed by atoms with Crippen molar-refractivity contribution in [1.29, 1.82) is 0 Å². The molecule has 176 valence electrons. The quantitative estimate of drug-likeness (QED) is 0.547. The summed E-state index contributed by atoms with van der Waals surface area (Å²) in [6.45, 7) is 1.98. The summed E-state index contributed by atoms with van der Waals surface area (Å²) in [4.78, 5) is 36.3. The summed E-state index contributed by atoms with van der Waals surface area (Å²) in [7, 11) is 3.39. The van der Waals surface area contributed by atoms with Crippen LogP contribution in [0, 0.1) is 0 Å². The van der Waals surface area contributed by atoms with Crippen LogP contribution in [0.3, 0.4) is 0 Å². The van der Waals surface area contributed by atoms with Gasteiger partial charge in [0.25, 0.3) is 11.7 Å². The number of hydrogen-bond acceptors (Lipinski definition) is 9. The Bertz CT molecular complexity index is 1200. The number of rotatable bonds is 6. The first-order chi connectivity index (χ1) is 16.5. The summed E-state index contributed by atoms with van der Waals surface area (Å²) in [6.07, 6.45) is 1.92. The van der Waals surface area contributed by atoms with Gasteiger partial charge in [-0.3, -0.25) is 9.59 Å². The Hall–Kier alpha value is -3.51. The van der Waals surface area contributed by atoms with Crippen LogP contribution >= 0.6 is 11.8 Å². The lowest BCUT2D eigenvalue weighted by atomic mass is 10.1. The molecule has 4 heterocycles. The maximum Gasteiger partial charge on any atom is 0.293 e. The van der Waals surface area contributed by atoms with E-state index < -0.39 is 11.9 Å². The van der Waals surface area contributed by atoms with Gasteiger partial charge in [0.15, 0.2) is 0 Å². The van der Waals surface area contributed by atoms with Crippen LogP contribution in [0.2, 0.25) is 0 Å². The fraction of sp³-hybridized carbons (Fsp3) is 0.364. The van der Waals surface area contributed by atoms with Gasteiger partial charge in [0, 0.05) is 37.9 Å². The Morgan fingerprint density at radius 1 is 1.26 bits per heavy atom. The molecule has 3 aromatic rings. The van der Waals surface area contributed by atoms with Gasteiger partial charge in [0.2, 0.25) is 5.91 Å². The van der Waals surface area contributed by atoms with Gasteiger partial charge in [-0.05, 0) is 16.8 Å². The zero-order valence-corrected chi connectivity index (χ0v) is 19.6. The summed E-state index contributed by atoms with van der Waals surface area (Å²) in [6, 6.07) is 10.9. The Morgan fingerprint density at radius 2 is 2.06 bits per heavy atom. The lowest BCUT2D eigenvalue weighted by Crippen LogP contribution is -2.52. The maximum atomic E-state index is 13.1. The second-order valence-electron chi connectivity index (χ2n) is 8.14. The largest absolute Gasteiger partial charge is 0.378 e. The first kappa shape index (κ1) is 22.3. The van der Waals surface area contributed by atoms with Crippen LogP contribution in [0.15, 0.2) is 47.5 Å². The molecule has 1 N–H and O–H groups in total. The van der Waals surface area contributed by atoms with Gasteiger partial charge in [0.05, 0.1) is 24.5 Å². The molecular formula is C22H24N8O3S. The summed E-state index contributed by atoms with van der Waals surface area (Å²) in [5.74, 6) is 0.385. The predicted octanol–water partition coefficient (Wildman–Crippen LogP) is 0.818. The van der Waals surface area contributed by atoms with Gasteiger partial charge >= 0.3 is 0 Å². The van der Waals surface area contributed by atoms with E-state index in [-0.39, 0.29) is 17.8 Å². The van der Waals surface area contributed by atoms with Crippen molar-refractivity contribution in [1.82, 2.24) is 30.5 Å². The minimum atomic E-state index is -0.735. The molecule has 2 aliphatic heterocycles. The van der Waals surface area contributed by atoms with Crippen molar-refractivity contribution in [2.45, 2.75) is 23.6 Å². The number of likely N-dealkylation sites (N-methyl/N-ethyl adjacent to an activating group) is 1. The van der Waals surface area contributed by atoms with E-state index in [9.17, 15) is 9.59 Å². The highest BCUT2D eigenvalue weighted by Crippen LogP contribution is 2.36. The molecule has 0 aliphatic carbocycles. The van der Waals surface area contributed by atoms with Crippen molar-refractivity contribution in [3.05, 3.63) is 54.0 Å². The van der Waals surface area contributed by atoms with Crippen molar-refractivity contribution in [2.24, 2.45) is 0 Å².